The predicted molar refractivity (Wildman–Crippen MR) is 93.0 cm³/mol. The van der Waals surface area contributed by atoms with E-state index in [1.54, 1.807) is 0 Å². The Balaban J connectivity index is 2.02. The predicted octanol–water partition coefficient (Wildman–Crippen LogP) is 5.80. The zero-order valence-corrected chi connectivity index (χ0v) is 14.9. The molecule has 19 heavy (non-hydrogen) atoms. The fourth-order valence-electron chi connectivity index (χ4n) is 3.68. The van der Waals surface area contributed by atoms with Crippen LogP contribution in [0.4, 0.5) is 0 Å². The van der Waals surface area contributed by atoms with Crippen LogP contribution in [0, 0.1) is 24.2 Å². The van der Waals surface area contributed by atoms with Crippen molar-refractivity contribution in [2.45, 2.75) is 57.3 Å². The van der Waals surface area contributed by atoms with E-state index in [0.29, 0.717) is 5.41 Å². The monoisotopic (exact) mass is 370 g/mol. The molecule has 3 atom stereocenters. The van der Waals surface area contributed by atoms with Crippen LogP contribution >= 0.6 is 22.6 Å². The minimum absolute atomic E-state index is 0.489. The summed E-state index contributed by atoms with van der Waals surface area (Å²) in [4.78, 5) is 0. The smallest absolute Gasteiger partial charge is 0.0164 e. The standard InChI is InChI=1S/C18H27I/c1-13-5-8-15(9-6-13)10-11-16-14(2)7-12-17(19)18(16,3)4/h5-6,8-9,14,16-17H,7,10-12H2,1-4H3/t14?,16?,17-/m0/s1. The molecule has 106 valence electrons. The summed E-state index contributed by atoms with van der Waals surface area (Å²) in [6.07, 6.45) is 5.39. The highest BCUT2D eigenvalue weighted by Crippen LogP contribution is 2.49. The molecule has 0 radical (unpaired) electrons. The van der Waals surface area contributed by atoms with Gasteiger partial charge < -0.3 is 0 Å². The normalized spacial score (nSPS) is 30.3. The number of benzene rings is 1. The molecule has 1 heteroatoms. The van der Waals surface area contributed by atoms with Gasteiger partial charge in [-0.05, 0) is 55.4 Å². The number of alkyl halides is 1. The van der Waals surface area contributed by atoms with Crippen molar-refractivity contribution in [1.29, 1.82) is 0 Å². The van der Waals surface area contributed by atoms with Gasteiger partial charge in [0.15, 0.2) is 0 Å². The molecule has 1 fully saturated rings. The molecule has 0 aliphatic heterocycles. The molecule has 0 heterocycles. The van der Waals surface area contributed by atoms with Gasteiger partial charge >= 0.3 is 0 Å². The minimum Gasteiger partial charge on any atom is -0.0820 e. The lowest BCUT2D eigenvalue weighted by Gasteiger charge is -2.46. The Hall–Kier alpha value is -0.0500. The Morgan fingerprint density at radius 2 is 1.79 bits per heavy atom. The van der Waals surface area contributed by atoms with E-state index in [0.717, 1.165) is 15.8 Å². The third-order valence-electron chi connectivity index (χ3n) is 5.19. The van der Waals surface area contributed by atoms with Crippen molar-refractivity contribution in [1.82, 2.24) is 0 Å². The van der Waals surface area contributed by atoms with Crippen molar-refractivity contribution in [3.05, 3.63) is 35.4 Å². The molecule has 1 aromatic rings. The van der Waals surface area contributed by atoms with E-state index in [2.05, 4.69) is 74.6 Å². The van der Waals surface area contributed by atoms with Crippen LogP contribution < -0.4 is 0 Å². The van der Waals surface area contributed by atoms with Gasteiger partial charge in [-0.1, -0.05) is 73.2 Å². The first-order valence-electron chi connectivity index (χ1n) is 7.61. The second-order valence-electron chi connectivity index (χ2n) is 6.97. The summed E-state index contributed by atoms with van der Waals surface area (Å²) in [5.74, 6) is 1.75. The molecule has 0 saturated heterocycles. The zero-order valence-electron chi connectivity index (χ0n) is 12.7. The topological polar surface area (TPSA) is 0 Å². The molecule has 1 aliphatic carbocycles. The molecular weight excluding hydrogens is 343 g/mol. The first-order chi connectivity index (χ1) is 8.91. The second-order valence-corrected chi connectivity index (χ2v) is 8.48. The van der Waals surface area contributed by atoms with Gasteiger partial charge in [0.25, 0.3) is 0 Å². The number of hydrogen-bond acceptors (Lipinski definition) is 0. The first kappa shape index (κ1) is 15.3. The van der Waals surface area contributed by atoms with Crippen LogP contribution in [-0.2, 0) is 6.42 Å². The van der Waals surface area contributed by atoms with E-state index in [1.807, 2.05) is 0 Å². The lowest BCUT2D eigenvalue weighted by molar-refractivity contribution is 0.0898. The highest BCUT2D eigenvalue weighted by Gasteiger charge is 2.41. The molecule has 1 aromatic carbocycles. The zero-order chi connectivity index (χ0) is 14.0. The minimum atomic E-state index is 0.489. The molecule has 0 N–H and O–H groups in total. The number of hydrogen-bond donors (Lipinski definition) is 0. The highest BCUT2D eigenvalue weighted by atomic mass is 127. The van der Waals surface area contributed by atoms with Crippen molar-refractivity contribution >= 4 is 22.6 Å². The SMILES string of the molecule is Cc1ccc(CCC2C(C)CC[C@H](I)C2(C)C)cc1. The van der Waals surface area contributed by atoms with Crippen molar-refractivity contribution in [2.24, 2.45) is 17.3 Å². The van der Waals surface area contributed by atoms with E-state index in [9.17, 15) is 0 Å². The van der Waals surface area contributed by atoms with Crippen LogP contribution in [0.3, 0.4) is 0 Å². The third kappa shape index (κ3) is 3.53. The molecule has 1 saturated carbocycles. The fourth-order valence-corrected chi connectivity index (χ4v) is 4.50. The van der Waals surface area contributed by atoms with Crippen LogP contribution in [0.15, 0.2) is 24.3 Å². The summed E-state index contributed by atoms with van der Waals surface area (Å²) >= 11 is 2.68. The lowest BCUT2D eigenvalue weighted by atomic mass is 9.62. The summed E-state index contributed by atoms with van der Waals surface area (Å²) in [6.45, 7) is 9.60. The Kier molecular flexibility index (Phi) is 4.97. The average Bonchev–Trinajstić information content (AvgIpc) is 2.36. The van der Waals surface area contributed by atoms with Gasteiger partial charge in [-0.3, -0.25) is 0 Å². The second kappa shape index (κ2) is 6.15. The molecule has 0 aromatic heterocycles. The Labute approximate surface area is 132 Å². The summed E-state index contributed by atoms with van der Waals surface area (Å²) in [5, 5.41) is 0. The van der Waals surface area contributed by atoms with E-state index >= 15 is 0 Å². The average molecular weight is 370 g/mol. The summed E-state index contributed by atoms with van der Waals surface area (Å²) in [7, 11) is 0. The van der Waals surface area contributed by atoms with Gasteiger partial charge in [-0.2, -0.15) is 0 Å². The van der Waals surface area contributed by atoms with E-state index < -0.39 is 0 Å². The highest BCUT2D eigenvalue weighted by molar-refractivity contribution is 14.1. The number of halogens is 1. The maximum Gasteiger partial charge on any atom is 0.0164 e. The van der Waals surface area contributed by atoms with Gasteiger partial charge in [-0.25, -0.2) is 0 Å². The van der Waals surface area contributed by atoms with Gasteiger partial charge in [0.1, 0.15) is 0 Å². The maximum absolute atomic E-state index is 2.68. The molecular formula is C18H27I. The van der Waals surface area contributed by atoms with Gasteiger partial charge in [-0.15, -0.1) is 0 Å². The van der Waals surface area contributed by atoms with Crippen molar-refractivity contribution < 1.29 is 0 Å². The number of aryl methyl sites for hydroxylation is 2. The fraction of sp³-hybridized carbons (Fsp3) is 0.667. The maximum atomic E-state index is 2.68. The van der Waals surface area contributed by atoms with Crippen LogP contribution in [0.5, 0.6) is 0 Å². The van der Waals surface area contributed by atoms with Crippen molar-refractivity contribution in [3.8, 4) is 0 Å². The van der Waals surface area contributed by atoms with Crippen LogP contribution in [0.2, 0.25) is 0 Å². The van der Waals surface area contributed by atoms with E-state index in [-0.39, 0.29) is 0 Å². The van der Waals surface area contributed by atoms with Gasteiger partial charge in [0.2, 0.25) is 0 Å². The number of rotatable bonds is 3. The van der Waals surface area contributed by atoms with Crippen LogP contribution in [-0.4, -0.2) is 3.92 Å². The third-order valence-corrected chi connectivity index (χ3v) is 7.42. The molecule has 0 amide bonds. The molecule has 0 bridgehead atoms. The van der Waals surface area contributed by atoms with Crippen LogP contribution in [0.25, 0.3) is 0 Å². The quantitative estimate of drug-likeness (QED) is 0.466. The molecule has 0 nitrogen and oxygen atoms in total. The van der Waals surface area contributed by atoms with Gasteiger partial charge in [0, 0.05) is 3.92 Å². The van der Waals surface area contributed by atoms with Crippen LogP contribution in [0.1, 0.15) is 51.2 Å². The molecule has 0 spiro atoms. The first-order valence-corrected chi connectivity index (χ1v) is 8.85. The summed E-state index contributed by atoms with van der Waals surface area (Å²) < 4.78 is 0.837. The van der Waals surface area contributed by atoms with E-state index in [1.165, 1.54) is 36.8 Å². The van der Waals surface area contributed by atoms with Crippen molar-refractivity contribution in [2.75, 3.05) is 0 Å². The molecule has 1 aliphatic rings. The van der Waals surface area contributed by atoms with E-state index in [4.69, 9.17) is 0 Å². The van der Waals surface area contributed by atoms with Gasteiger partial charge in [0.05, 0.1) is 0 Å². The Morgan fingerprint density at radius 3 is 2.42 bits per heavy atom. The lowest BCUT2D eigenvalue weighted by Crippen LogP contribution is -2.41. The largest absolute Gasteiger partial charge is 0.0820 e. The molecule has 2 unspecified atom stereocenters. The molecule has 2 rings (SSSR count). The Morgan fingerprint density at radius 1 is 1.16 bits per heavy atom. The summed E-state index contributed by atoms with van der Waals surface area (Å²) in [5.41, 5.74) is 3.36. The summed E-state index contributed by atoms with van der Waals surface area (Å²) in [6, 6.07) is 9.09. The van der Waals surface area contributed by atoms with Crippen molar-refractivity contribution in [3.63, 3.8) is 0 Å². The Bertz CT molecular complexity index is 404.